The van der Waals surface area contributed by atoms with Crippen molar-refractivity contribution in [1.29, 1.82) is 0 Å². The summed E-state index contributed by atoms with van der Waals surface area (Å²) in [5.41, 5.74) is 0.353. The summed E-state index contributed by atoms with van der Waals surface area (Å²) in [6.07, 6.45) is 0. The molecule has 104 valence electrons. The van der Waals surface area contributed by atoms with Crippen LogP contribution in [0.5, 0.6) is 0 Å². The van der Waals surface area contributed by atoms with Crippen molar-refractivity contribution in [3.63, 3.8) is 0 Å². The lowest BCUT2D eigenvalue weighted by atomic mass is 10.1. The second-order valence-corrected chi connectivity index (χ2v) is 4.90. The largest absolute Gasteiger partial charge is 0.479 e. The van der Waals surface area contributed by atoms with Gasteiger partial charge in [-0.15, -0.1) is 0 Å². The van der Waals surface area contributed by atoms with Crippen molar-refractivity contribution in [2.75, 3.05) is 5.32 Å². The number of carboxylic acids is 1. The van der Waals surface area contributed by atoms with Crippen molar-refractivity contribution in [3.05, 3.63) is 63.9 Å². The van der Waals surface area contributed by atoms with Gasteiger partial charge in [0, 0.05) is 10.6 Å². The zero-order valence-electron chi connectivity index (χ0n) is 10.1. The average Bonchev–Trinajstić information content (AvgIpc) is 2.40. The summed E-state index contributed by atoms with van der Waals surface area (Å²) in [7, 11) is 0. The molecule has 0 spiro atoms. The Morgan fingerprint density at radius 1 is 1.20 bits per heavy atom. The lowest BCUT2D eigenvalue weighted by Crippen LogP contribution is -2.21. The number of halogens is 3. The highest BCUT2D eigenvalue weighted by Crippen LogP contribution is 2.28. The molecule has 0 radical (unpaired) electrons. The van der Waals surface area contributed by atoms with Crippen LogP contribution in [-0.4, -0.2) is 11.1 Å². The number of aliphatic carboxylic acids is 1. The summed E-state index contributed by atoms with van der Waals surface area (Å²) in [5, 5.41) is 12.6. The normalized spacial score (nSPS) is 11.9. The Hall–Kier alpha value is -1.78. The number of benzene rings is 2. The van der Waals surface area contributed by atoms with Gasteiger partial charge in [-0.05, 0) is 30.3 Å². The summed E-state index contributed by atoms with van der Waals surface area (Å²) in [4.78, 5) is 11.4. The van der Waals surface area contributed by atoms with E-state index in [1.165, 1.54) is 12.1 Å². The number of hydrogen-bond donors (Lipinski definition) is 2. The van der Waals surface area contributed by atoms with Gasteiger partial charge >= 0.3 is 5.97 Å². The molecule has 0 amide bonds. The fourth-order valence-electron chi connectivity index (χ4n) is 1.74. The standard InChI is InChI=1S/C14H10Cl2FNO2/c15-8-5-6-11(17)9(7-8)13(14(19)20)18-12-4-2-1-3-10(12)16/h1-7,13,18H,(H,19,20). The van der Waals surface area contributed by atoms with E-state index in [4.69, 9.17) is 23.2 Å². The van der Waals surface area contributed by atoms with E-state index in [0.29, 0.717) is 10.7 Å². The fourth-order valence-corrected chi connectivity index (χ4v) is 2.11. The van der Waals surface area contributed by atoms with E-state index in [1.54, 1.807) is 24.3 Å². The van der Waals surface area contributed by atoms with Crippen LogP contribution in [0.4, 0.5) is 10.1 Å². The molecule has 0 aliphatic rings. The minimum absolute atomic E-state index is 0.0510. The number of carboxylic acid groups (broad SMARTS) is 1. The smallest absolute Gasteiger partial charge is 0.330 e. The first-order chi connectivity index (χ1) is 9.49. The van der Waals surface area contributed by atoms with Gasteiger partial charge in [-0.3, -0.25) is 0 Å². The zero-order valence-corrected chi connectivity index (χ0v) is 11.6. The van der Waals surface area contributed by atoms with Crippen molar-refractivity contribution in [2.45, 2.75) is 6.04 Å². The summed E-state index contributed by atoms with van der Waals surface area (Å²) in [6.45, 7) is 0. The van der Waals surface area contributed by atoms with Crippen LogP contribution in [0.15, 0.2) is 42.5 Å². The van der Waals surface area contributed by atoms with Gasteiger partial charge in [0.15, 0.2) is 6.04 Å². The number of nitrogens with one attached hydrogen (secondary N) is 1. The van der Waals surface area contributed by atoms with Gasteiger partial charge in [-0.25, -0.2) is 9.18 Å². The SMILES string of the molecule is O=C(O)C(Nc1ccccc1Cl)c1cc(Cl)ccc1F. The van der Waals surface area contributed by atoms with Crippen LogP contribution in [0.1, 0.15) is 11.6 Å². The molecule has 2 aromatic rings. The third kappa shape index (κ3) is 3.21. The van der Waals surface area contributed by atoms with E-state index >= 15 is 0 Å². The van der Waals surface area contributed by atoms with Crippen molar-refractivity contribution >= 4 is 34.9 Å². The number of para-hydroxylation sites is 1. The molecule has 0 heterocycles. The Kier molecular flexibility index (Phi) is 4.47. The summed E-state index contributed by atoms with van der Waals surface area (Å²) in [6, 6.07) is 9.10. The molecule has 20 heavy (non-hydrogen) atoms. The van der Waals surface area contributed by atoms with Gasteiger partial charge in [-0.2, -0.15) is 0 Å². The molecule has 1 atom stereocenters. The quantitative estimate of drug-likeness (QED) is 0.881. The van der Waals surface area contributed by atoms with E-state index in [9.17, 15) is 14.3 Å². The van der Waals surface area contributed by atoms with Crippen LogP contribution in [0.3, 0.4) is 0 Å². The van der Waals surface area contributed by atoms with Crippen LogP contribution in [0.2, 0.25) is 10.0 Å². The highest BCUT2D eigenvalue weighted by atomic mass is 35.5. The molecule has 3 nitrogen and oxygen atoms in total. The molecule has 0 aliphatic heterocycles. The Bertz CT molecular complexity index is 649. The molecule has 1 unspecified atom stereocenters. The first-order valence-corrected chi connectivity index (χ1v) is 6.43. The predicted molar refractivity (Wildman–Crippen MR) is 76.9 cm³/mol. The summed E-state index contributed by atoms with van der Waals surface area (Å²) < 4.78 is 13.8. The second kappa shape index (κ2) is 6.11. The Morgan fingerprint density at radius 3 is 2.55 bits per heavy atom. The van der Waals surface area contributed by atoms with Crippen molar-refractivity contribution < 1.29 is 14.3 Å². The zero-order chi connectivity index (χ0) is 14.7. The summed E-state index contributed by atoms with van der Waals surface area (Å²) in [5.74, 6) is -1.88. The third-order valence-corrected chi connectivity index (χ3v) is 3.25. The topological polar surface area (TPSA) is 49.3 Å². The maximum Gasteiger partial charge on any atom is 0.330 e. The maximum atomic E-state index is 13.8. The molecule has 0 aliphatic carbocycles. The Balaban J connectivity index is 2.40. The van der Waals surface area contributed by atoms with Crippen LogP contribution in [0, 0.1) is 5.82 Å². The Morgan fingerprint density at radius 2 is 1.90 bits per heavy atom. The minimum atomic E-state index is -1.28. The van der Waals surface area contributed by atoms with E-state index in [-0.39, 0.29) is 10.6 Å². The Labute approximate surface area is 124 Å². The van der Waals surface area contributed by atoms with Crippen molar-refractivity contribution in [3.8, 4) is 0 Å². The second-order valence-electron chi connectivity index (χ2n) is 4.06. The maximum absolute atomic E-state index is 13.8. The van der Waals surface area contributed by atoms with Crippen LogP contribution in [0.25, 0.3) is 0 Å². The van der Waals surface area contributed by atoms with Gasteiger partial charge in [-0.1, -0.05) is 35.3 Å². The molecule has 6 heteroatoms. The van der Waals surface area contributed by atoms with Crippen LogP contribution in [-0.2, 0) is 4.79 Å². The lowest BCUT2D eigenvalue weighted by molar-refractivity contribution is -0.138. The number of rotatable bonds is 4. The molecule has 0 aromatic heterocycles. The molecule has 2 rings (SSSR count). The lowest BCUT2D eigenvalue weighted by Gasteiger charge is -2.18. The van der Waals surface area contributed by atoms with E-state index in [2.05, 4.69) is 5.32 Å². The van der Waals surface area contributed by atoms with Gasteiger partial charge in [0.05, 0.1) is 10.7 Å². The first kappa shape index (κ1) is 14.6. The highest BCUT2D eigenvalue weighted by molar-refractivity contribution is 6.33. The number of hydrogen-bond acceptors (Lipinski definition) is 2. The fraction of sp³-hybridized carbons (Fsp3) is 0.0714. The van der Waals surface area contributed by atoms with Gasteiger partial charge in [0.2, 0.25) is 0 Å². The molecule has 0 saturated heterocycles. The minimum Gasteiger partial charge on any atom is -0.479 e. The van der Waals surface area contributed by atoms with Crippen LogP contribution >= 0.6 is 23.2 Å². The monoisotopic (exact) mass is 313 g/mol. The van der Waals surface area contributed by atoms with Gasteiger partial charge in [0.1, 0.15) is 5.82 Å². The predicted octanol–water partition coefficient (Wildman–Crippen LogP) is 4.37. The van der Waals surface area contributed by atoms with E-state index in [0.717, 1.165) is 6.07 Å². The third-order valence-electron chi connectivity index (χ3n) is 2.69. The highest BCUT2D eigenvalue weighted by Gasteiger charge is 2.24. The molecule has 0 saturated carbocycles. The van der Waals surface area contributed by atoms with E-state index < -0.39 is 17.8 Å². The molecular formula is C14H10Cl2FNO2. The molecule has 0 fully saturated rings. The van der Waals surface area contributed by atoms with Gasteiger partial charge < -0.3 is 10.4 Å². The van der Waals surface area contributed by atoms with Crippen LogP contribution < -0.4 is 5.32 Å². The first-order valence-electron chi connectivity index (χ1n) is 5.68. The van der Waals surface area contributed by atoms with Gasteiger partial charge in [0.25, 0.3) is 0 Å². The van der Waals surface area contributed by atoms with E-state index in [1.807, 2.05) is 0 Å². The molecular weight excluding hydrogens is 304 g/mol. The molecule has 2 aromatic carbocycles. The number of carbonyl (C=O) groups is 1. The molecule has 0 bridgehead atoms. The van der Waals surface area contributed by atoms with Crippen molar-refractivity contribution in [1.82, 2.24) is 0 Å². The molecule has 2 N–H and O–H groups in total. The van der Waals surface area contributed by atoms with Crippen molar-refractivity contribution in [2.24, 2.45) is 0 Å². The number of anilines is 1. The average molecular weight is 314 g/mol. The summed E-state index contributed by atoms with van der Waals surface area (Å²) >= 11 is 11.7.